The Morgan fingerprint density at radius 2 is 1.86 bits per heavy atom. The van der Waals surface area contributed by atoms with Crippen LogP contribution in [0.3, 0.4) is 0 Å². The summed E-state index contributed by atoms with van der Waals surface area (Å²) >= 11 is 0. The van der Waals surface area contributed by atoms with Gasteiger partial charge < -0.3 is 5.32 Å². The van der Waals surface area contributed by atoms with Crippen LogP contribution in [0.15, 0.2) is 23.1 Å². The summed E-state index contributed by atoms with van der Waals surface area (Å²) in [5.41, 5.74) is 1.93. The predicted octanol–water partition coefficient (Wildman–Crippen LogP) is 0.972. The molecule has 2 aliphatic heterocycles. The number of hydrogen-bond acceptors (Lipinski definition) is 4. The van der Waals surface area contributed by atoms with Crippen LogP contribution in [-0.2, 0) is 10.0 Å². The number of sulfonamides is 1. The Kier molecular flexibility index (Phi) is 4.54. The van der Waals surface area contributed by atoms with Crippen molar-refractivity contribution in [3.63, 3.8) is 0 Å². The molecule has 2 aliphatic rings. The summed E-state index contributed by atoms with van der Waals surface area (Å²) in [5.74, 6) is 0. The number of benzene rings is 1. The molecule has 6 heteroatoms. The summed E-state index contributed by atoms with van der Waals surface area (Å²) in [6.07, 6.45) is 0.935. The van der Waals surface area contributed by atoms with Crippen molar-refractivity contribution in [3.05, 3.63) is 29.3 Å². The van der Waals surface area contributed by atoms with E-state index in [-0.39, 0.29) is 0 Å². The lowest BCUT2D eigenvalue weighted by molar-refractivity contribution is 0.179. The van der Waals surface area contributed by atoms with Crippen LogP contribution in [0.4, 0.5) is 0 Å². The van der Waals surface area contributed by atoms with Gasteiger partial charge in [0.2, 0.25) is 10.0 Å². The van der Waals surface area contributed by atoms with Crippen molar-refractivity contribution in [1.29, 1.82) is 0 Å². The lowest BCUT2D eigenvalue weighted by atomic mass is 10.2. The molecule has 2 fully saturated rings. The van der Waals surface area contributed by atoms with E-state index in [4.69, 9.17) is 0 Å². The summed E-state index contributed by atoms with van der Waals surface area (Å²) in [6, 6.07) is 5.93. The maximum Gasteiger partial charge on any atom is 0.243 e. The van der Waals surface area contributed by atoms with E-state index >= 15 is 0 Å². The Labute approximate surface area is 133 Å². The Balaban J connectivity index is 1.76. The van der Waals surface area contributed by atoms with Gasteiger partial charge in [-0.1, -0.05) is 17.7 Å². The summed E-state index contributed by atoms with van der Waals surface area (Å²) in [4.78, 5) is 2.88. The number of nitrogens with zero attached hydrogens (tertiary/aromatic N) is 2. The lowest BCUT2D eigenvalue weighted by Crippen LogP contribution is -2.49. The minimum Gasteiger partial charge on any atom is -0.314 e. The van der Waals surface area contributed by atoms with Gasteiger partial charge in [-0.3, -0.25) is 4.90 Å². The van der Waals surface area contributed by atoms with Crippen LogP contribution >= 0.6 is 0 Å². The van der Waals surface area contributed by atoms with Crippen molar-refractivity contribution in [3.8, 4) is 0 Å². The fraction of sp³-hybridized carbons (Fsp3) is 0.625. The smallest absolute Gasteiger partial charge is 0.243 e. The zero-order valence-electron chi connectivity index (χ0n) is 13.4. The van der Waals surface area contributed by atoms with E-state index in [1.54, 1.807) is 10.4 Å². The van der Waals surface area contributed by atoms with Crippen molar-refractivity contribution in [2.45, 2.75) is 31.2 Å². The predicted molar refractivity (Wildman–Crippen MR) is 87.5 cm³/mol. The van der Waals surface area contributed by atoms with Gasteiger partial charge in [0, 0.05) is 45.3 Å². The average molecular weight is 323 g/mol. The maximum atomic E-state index is 12.9. The summed E-state index contributed by atoms with van der Waals surface area (Å²) in [5, 5.41) is 3.34. The van der Waals surface area contributed by atoms with Crippen LogP contribution in [0.2, 0.25) is 0 Å². The molecule has 0 spiro atoms. The van der Waals surface area contributed by atoms with Crippen molar-refractivity contribution >= 4 is 10.0 Å². The highest BCUT2D eigenvalue weighted by Crippen LogP contribution is 2.26. The zero-order valence-corrected chi connectivity index (χ0v) is 14.2. The first-order valence-corrected chi connectivity index (χ1v) is 9.44. The molecule has 1 atom stereocenters. The second-order valence-electron chi connectivity index (χ2n) is 6.36. The molecule has 0 aliphatic carbocycles. The summed E-state index contributed by atoms with van der Waals surface area (Å²) < 4.78 is 27.4. The first-order chi connectivity index (χ1) is 10.5. The second kappa shape index (κ2) is 6.28. The molecule has 1 aromatic carbocycles. The molecule has 2 saturated heterocycles. The van der Waals surface area contributed by atoms with Gasteiger partial charge in [-0.15, -0.1) is 0 Å². The van der Waals surface area contributed by atoms with Gasteiger partial charge in [-0.25, -0.2) is 8.42 Å². The van der Waals surface area contributed by atoms with Crippen LogP contribution in [0.1, 0.15) is 17.5 Å². The third kappa shape index (κ3) is 3.06. The molecule has 1 unspecified atom stereocenters. The molecular weight excluding hydrogens is 298 g/mol. The van der Waals surface area contributed by atoms with Gasteiger partial charge in [0.1, 0.15) is 0 Å². The quantitative estimate of drug-likeness (QED) is 0.901. The maximum absolute atomic E-state index is 12.9. The molecule has 0 radical (unpaired) electrons. The number of hydrogen-bond donors (Lipinski definition) is 1. The average Bonchev–Trinajstić information content (AvgIpc) is 2.98. The second-order valence-corrected chi connectivity index (χ2v) is 8.27. The highest BCUT2D eigenvalue weighted by atomic mass is 32.2. The van der Waals surface area contributed by atoms with E-state index in [2.05, 4.69) is 10.2 Å². The molecule has 0 saturated carbocycles. The topological polar surface area (TPSA) is 52.7 Å². The molecule has 1 N–H and O–H groups in total. The van der Waals surface area contributed by atoms with Gasteiger partial charge in [-0.2, -0.15) is 4.31 Å². The van der Waals surface area contributed by atoms with Gasteiger partial charge in [0.15, 0.2) is 0 Å². The van der Waals surface area contributed by atoms with E-state index in [1.807, 2.05) is 26.0 Å². The highest BCUT2D eigenvalue weighted by molar-refractivity contribution is 7.89. The van der Waals surface area contributed by atoms with Crippen LogP contribution in [0, 0.1) is 13.8 Å². The van der Waals surface area contributed by atoms with Crippen LogP contribution in [0.25, 0.3) is 0 Å². The van der Waals surface area contributed by atoms with Crippen LogP contribution in [-0.4, -0.2) is 62.9 Å². The first kappa shape index (κ1) is 15.9. The van der Waals surface area contributed by atoms with E-state index < -0.39 is 10.0 Å². The number of piperazine rings is 1. The van der Waals surface area contributed by atoms with Gasteiger partial charge >= 0.3 is 0 Å². The van der Waals surface area contributed by atoms with Gasteiger partial charge in [0.05, 0.1) is 4.90 Å². The Bertz CT molecular complexity index is 639. The SMILES string of the molecule is Cc1ccc(S(=O)(=O)N2CCC(N3CCNCC3)C2)c(C)c1. The van der Waals surface area contributed by atoms with Crippen molar-refractivity contribution in [2.24, 2.45) is 0 Å². The standard InChI is InChI=1S/C16H25N3O2S/c1-13-3-4-16(14(2)11-13)22(20,21)19-8-5-15(12-19)18-9-6-17-7-10-18/h3-4,11,15,17H,5-10,12H2,1-2H3. The van der Waals surface area contributed by atoms with E-state index in [1.165, 1.54) is 0 Å². The minimum absolute atomic E-state index is 0.364. The molecular formula is C16H25N3O2S. The highest BCUT2D eigenvalue weighted by Gasteiger charge is 2.35. The number of nitrogens with one attached hydrogen (secondary N) is 1. The third-order valence-corrected chi connectivity index (χ3v) is 6.77. The van der Waals surface area contributed by atoms with E-state index in [0.717, 1.165) is 43.7 Å². The summed E-state index contributed by atoms with van der Waals surface area (Å²) in [6.45, 7) is 9.15. The van der Waals surface area contributed by atoms with Crippen LogP contribution < -0.4 is 5.32 Å². The number of rotatable bonds is 3. The van der Waals surface area contributed by atoms with E-state index in [0.29, 0.717) is 24.0 Å². The minimum atomic E-state index is -3.37. The molecule has 22 heavy (non-hydrogen) atoms. The monoisotopic (exact) mass is 323 g/mol. The zero-order chi connectivity index (χ0) is 15.7. The van der Waals surface area contributed by atoms with Gasteiger partial charge in [0.25, 0.3) is 0 Å². The fourth-order valence-corrected chi connectivity index (χ4v) is 5.20. The molecule has 3 rings (SSSR count). The van der Waals surface area contributed by atoms with Crippen LogP contribution in [0.5, 0.6) is 0 Å². The van der Waals surface area contributed by atoms with E-state index in [9.17, 15) is 8.42 Å². The molecule has 5 nitrogen and oxygen atoms in total. The largest absolute Gasteiger partial charge is 0.314 e. The Hall–Kier alpha value is -0.950. The normalized spacial score (nSPS) is 24.7. The first-order valence-electron chi connectivity index (χ1n) is 8.00. The van der Waals surface area contributed by atoms with Gasteiger partial charge in [-0.05, 0) is 31.9 Å². The third-order valence-electron chi connectivity index (χ3n) is 4.74. The molecule has 1 aromatic rings. The van der Waals surface area contributed by atoms with Crippen molar-refractivity contribution in [1.82, 2.24) is 14.5 Å². The Morgan fingerprint density at radius 1 is 1.14 bits per heavy atom. The molecule has 0 bridgehead atoms. The molecule has 0 amide bonds. The van der Waals surface area contributed by atoms with Crippen molar-refractivity contribution in [2.75, 3.05) is 39.3 Å². The fourth-order valence-electron chi connectivity index (χ4n) is 3.50. The molecule has 122 valence electrons. The lowest BCUT2D eigenvalue weighted by Gasteiger charge is -2.32. The van der Waals surface area contributed by atoms with Crippen molar-refractivity contribution < 1.29 is 8.42 Å². The molecule has 0 aromatic heterocycles. The number of aryl methyl sites for hydroxylation is 2. The molecule has 2 heterocycles. The Morgan fingerprint density at radius 3 is 2.55 bits per heavy atom. The summed E-state index contributed by atoms with van der Waals surface area (Å²) in [7, 11) is -3.37.